The van der Waals surface area contributed by atoms with Crippen LogP contribution in [0.3, 0.4) is 0 Å². The van der Waals surface area contributed by atoms with Gasteiger partial charge >= 0.3 is 0 Å². The number of nitrogens with two attached hydrogens (primary N) is 1. The molecule has 3 aromatic carbocycles. The highest BCUT2D eigenvalue weighted by Gasteiger charge is 2.09. The Hall–Kier alpha value is -1.57. The first-order valence-electron chi connectivity index (χ1n) is 7.41. The van der Waals surface area contributed by atoms with Crippen LogP contribution in [-0.4, -0.2) is 14.7 Å². The number of hydrogen-bond donors (Lipinski definition) is 1. The summed E-state index contributed by atoms with van der Waals surface area (Å²) in [6.07, 6.45) is 1.20. The van der Waals surface area contributed by atoms with Crippen molar-refractivity contribution in [2.45, 2.75) is 4.90 Å². The lowest BCUT2D eigenvalue weighted by atomic mass is 10.0. The third-order valence-corrected chi connectivity index (χ3v) is 6.27. The van der Waals surface area contributed by atoms with Gasteiger partial charge in [0.1, 0.15) is 0 Å². The smallest absolute Gasteiger partial charge is 0.175 e. The lowest BCUT2D eigenvalue weighted by molar-refractivity contribution is 0.602. The molecule has 0 saturated carbocycles. The maximum atomic E-state index is 11.5. The predicted octanol–water partition coefficient (Wildman–Crippen LogP) is 5.26. The Morgan fingerprint density at radius 3 is 1.88 bits per heavy atom. The van der Waals surface area contributed by atoms with Gasteiger partial charge in [0, 0.05) is 21.1 Å². The summed E-state index contributed by atoms with van der Waals surface area (Å²) >= 11 is 8.50. The molecule has 0 aliphatic carbocycles. The first-order chi connectivity index (χ1) is 11.8. The van der Waals surface area contributed by atoms with Gasteiger partial charge in [-0.3, -0.25) is 0 Å². The summed E-state index contributed by atoms with van der Waals surface area (Å²) in [5.74, 6) is 0. The van der Waals surface area contributed by atoms with Crippen molar-refractivity contribution in [1.82, 2.24) is 0 Å². The molecule has 3 aromatic rings. The average Bonchev–Trinajstić information content (AvgIpc) is 2.58. The third kappa shape index (κ3) is 3.99. The number of rotatable bonds is 3. The molecule has 0 radical (unpaired) electrons. The van der Waals surface area contributed by atoms with Crippen LogP contribution in [0.1, 0.15) is 0 Å². The Kier molecular flexibility index (Phi) is 5.09. The Morgan fingerprint density at radius 2 is 1.36 bits per heavy atom. The number of anilines is 1. The summed E-state index contributed by atoms with van der Waals surface area (Å²) < 4.78 is 24.0. The van der Waals surface area contributed by atoms with Crippen molar-refractivity contribution in [3.63, 3.8) is 0 Å². The second-order valence-corrected chi connectivity index (χ2v) is 9.31. The Balaban J connectivity index is 1.94. The van der Waals surface area contributed by atoms with Crippen LogP contribution in [0.2, 0.25) is 5.02 Å². The van der Waals surface area contributed by atoms with Crippen molar-refractivity contribution in [3.05, 3.63) is 69.3 Å². The van der Waals surface area contributed by atoms with Gasteiger partial charge in [-0.2, -0.15) is 0 Å². The average molecular weight is 484 g/mol. The molecule has 0 unspecified atom stereocenters. The molecule has 0 atom stereocenters. The maximum Gasteiger partial charge on any atom is 0.175 e. The van der Waals surface area contributed by atoms with E-state index in [1.54, 1.807) is 18.2 Å². The van der Waals surface area contributed by atoms with E-state index in [9.17, 15) is 8.42 Å². The maximum absolute atomic E-state index is 11.5. The van der Waals surface area contributed by atoms with Gasteiger partial charge < -0.3 is 5.73 Å². The summed E-state index contributed by atoms with van der Waals surface area (Å²) in [7, 11) is -3.18. The molecule has 0 aromatic heterocycles. The third-order valence-electron chi connectivity index (χ3n) is 3.90. The van der Waals surface area contributed by atoms with Gasteiger partial charge in [0.15, 0.2) is 9.84 Å². The summed E-state index contributed by atoms with van der Waals surface area (Å²) in [6, 6.07) is 18.6. The van der Waals surface area contributed by atoms with E-state index in [0.717, 1.165) is 25.8 Å². The quantitative estimate of drug-likeness (QED) is 0.408. The monoisotopic (exact) mass is 483 g/mol. The SMILES string of the molecule is CS(=O)(=O)c1ccc(-c2ccc(-c3cc(I)c(N)cc3Cl)cc2)cc1. The second kappa shape index (κ2) is 6.97. The van der Waals surface area contributed by atoms with Crippen molar-refractivity contribution in [2.24, 2.45) is 0 Å². The number of benzene rings is 3. The van der Waals surface area contributed by atoms with Crippen LogP contribution in [0, 0.1) is 3.57 Å². The number of sulfone groups is 1. The van der Waals surface area contributed by atoms with E-state index in [-0.39, 0.29) is 0 Å². The van der Waals surface area contributed by atoms with Gasteiger partial charge in [-0.05, 0) is 63.5 Å². The lowest BCUT2D eigenvalue weighted by Crippen LogP contribution is -1.96. The lowest BCUT2D eigenvalue weighted by Gasteiger charge is -2.09. The van der Waals surface area contributed by atoms with E-state index < -0.39 is 9.84 Å². The van der Waals surface area contributed by atoms with Gasteiger partial charge in [0.2, 0.25) is 0 Å². The van der Waals surface area contributed by atoms with Crippen LogP contribution in [-0.2, 0) is 9.84 Å². The van der Waals surface area contributed by atoms with Crippen LogP contribution in [0.4, 0.5) is 5.69 Å². The van der Waals surface area contributed by atoms with E-state index >= 15 is 0 Å². The van der Waals surface area contributed by atoms with Gasteiger partial charge in [0.05, 0.1) is 9.92 Å². The molecule has 0 spiro atoms. The fourth-order valence-electron chi connectivity index (χ4n) is 2.52. The Morgan fingerprint density at radius 1 is 0.880 bits per heavy atom. The van der Waals surface area contributed by atoms with Crippen LogP contribution < -0.4 is 5.73 Å². The first kappa shape index (κ1) is 18.2. The van der Waals surface area contributed by atoms with E-state index in [4.69, 9.17) is 17.3 Å². The van der Waals surface area contributed by atoms with Gasteiger partial charge in [-0.15, -0.1) is 0 Å². The van der Waals surface area contributed by atoms with Crippen LogP contribution >= 0.6 is 34.2 Å². The van der Waals surface area contributed by atoms with Crippen molar-refractivity contribution < 1.29 is 8.42 Å². The summed E-state index contributed by atoms with van der Waals surface area (Å²) in [6.45, 7) is 0. The second-order valence-electron chi connectivity index (χ2n) is 5.73. The molecule has 2 N–H and O–H groups in total. The molecular weight excluding hydrogens is 469 g/mol. The predicted molar refractivity (Wildman–Crippen MR) is 113 cm³/mol. The van der Waals surface area contributed by atoms with Gasteiger partial charge in [-0.25, -0.2) is 8.42 Å². The number of nitrogen functional groups attached to an aromatic ring is 1. The minimum absolute atomic E-state index is 0.316. The standard InChI is InChI=1S/C19H15ClINO2S/c1-25(23,24)15-8-6-13(7-9-15)12-2-4-14(5-3-12)16-10-18(21)19(22)11-17(16)20/h2-11H,22H2,1H3. The molecule has 0 heterocycles. The van der Waals surface area contributed by atoms with Gasteiger partial charge in [0.25, 0.3) is 0 Å². The van der Waals surface area contributed by atoms with Crippen molar-refractivity contribution >= 4 is 49.7 Å². The molecule has 128 valence electrons. The fourth-order valence-corrected chi connectivity index (χ4v) is 3.90. The molecule has 25 heavy (non-hydrogen) atoms. The van der Waals surface area contributed by atoms with Crippen LogP contribution in [0.25, 0.3) is 22.3 Å². The van der Waals surface area contributed by atoms with Crippen molar-refractivity contribution in [2.75, 3.05) is 12.0 Å². The zero-order valence-corrected chi connectivity index (χ0v) is 17.1. The highest BCUT2D eigenvalue weighted by atomic mass is 127. The largest absolute Gasteiger partial charge is 0.398 e. The zero-order valence-electron chi connectivity index (χ0n) is 13.3. The molecule has 6 heteroatoms. The van der Waals surface area contributed by atoms with E-state index in [1.807, 2.05) is 42.5 Å². The molecular formula is C19H15ClINO2S. The van der Waals surface area contributed by atoms with Crippen LogP contribution in [0.15, 0.2) is 65.6 Å². The van der Waals surface area contributed by atoms with Crippen LogP contribution in [0.5, 0.6) is 0 Å². The molecule has 3 nitrogen and oxygen atoms in total. The van der Waals surface area contributed by atoms with E-state index in [1.165, 1.54) is 6.26 Å². The van der Waals surface area contributed by atoms with Crippen molar-refractivity contribution in [3.8, 4) is 22.3 Å². The Labute approximate surface area is 165 Å². The van der Waals surface area contributed by atoms with Gasteiger partial charge in [-0.1, -0.05) is 48.0 Å². The molecule has 0 saturated heterocycles. The molecule has 0 bridgehead atoms. The molecule has 0 aliphatic rings. The van der Waals surface area contributed by atoms with E-state index in [2.05, 4.69) is 22.6 Å². The minimum Gasteiger partial charge on any atom is -0.398 e. The molecule has 0 fully saturated rings. The highest BCUT2D eigenvalue weighted by Crippen LogP contribution is 2.33. The minimum atomic E-state index is -3.18. The van der Waals surface area contributed by atoms with E-state index in [0.29, 0.717) is 15.6 Å². The molecule has 3 rings (SSSR count). The number of halogens is 2. The highest BCUT2D eigenvalue weighted by molar-refractivity contribution is 14.1. The summed E-state index contributed by atoms with van der Waals surface area (Å²) in [5.41, 5.74) is 10.4. The zero-order chi connectivity index (χ0) is 18.2. The summed E-state index contributed by atoms with van der Waals surface area (Å²) in [4.78, 5) is 0.316. The summed E-state index contributed by atoms with van der Waals surface area (Å²) in [5, 5.41) is 0.614. The number of hydrogen-bond acceptors (Lipinski definition) is 3. The fraction of sp³-hybridized carbons (Fsp3) is 0.0526. The normalized spacial score (nSPS) is 11.5. The topological polar surface area (TPSA) is 60.2 Å². The first-order valence-corrected chi connectivity index (χ1v) is 10.8. The van der Waals surface area contributed by atoms with Crippen molar-refractivity contribution in [1.29, 1.82) is 0 Å². The molecule has 0 amide bonds. The Bertz CT molecular complexity index is 1030. The molecule has 0 aliphatic heterocycles.